The summed E-state index contributed by atoms with van der Waals surface area (Å²) in [6.45, 7) is 5.64. The number of aromatic amines is 1. The second-order valence-corrected chi connectivity index (χ2v) is 7.47. The third-order valence-corrected chi connectivity index (χ3v) is 5.48. The van der Waals surface area contributed by atoms with E-state index in [0.717, 1.165) is 59.1 Å². The number of thiazole rings is 1. The second kappa shape index (κ2) is 8.31. The Bertz CT molecular complexity index is 892. The highest BCUT2D eigenvalue weighted by Gasteiger charge is 2.06. The molecule has 5 nitrogen and oxygen atoms in total. The number of aromatic nitrogens is 2. The molecule has 2 aromatic heterocycles. The van der Waals surface area contributed by atoms with Crippen molar-refractivity contribution in [3.8, 4) is 0 Å². The summed E-state index contributed by atoms with van der Waals surface area (Å²) < 4.78 is 13.4. The number of rotatable bonds is 6. The van der Waals surface area contributed by atoms with E-state index in [-0.39, 0.29) is 5.82 Å². The number of aryl methyl sites for hydroxylation is 2. The van der Waals surface area contributed by atoms with Gasteiger partial charge in [0.25, 0.3) is 0 Å². The summed E-state index contributed by atoms with van der Waals surface area (Å²) in [5.74, 6) is 0.553. The number of nitrogens with zero attached hydrogens (tertiary/aromatic N) is 2. The average Bonchev–Trinajstić information content (AvgIpc) is 3.16. The van der Waals surface area contributed by atoms with Crippen molar-refractivity contribution in [2.75, 3.05) is 20.1 Å². The summed E-state index contributed by atoms with van der Waals surface area (Å²) in [6.07, 6.45) is 3.60. The zero-order chi connectivity index (χ0) is 18.5. The van der Waals surface area contributed by atoms with Crippen molar-refractivity contribution in [1.82, 2.24) is 20.6 Å². The molecule has 0 radical (unpaired) electrons. The summed E-state index contributed by atoms with van der Waals surface area (Å²) in [4.78, 5) is 13.3. The highest BCUT2D eigenvalue weighted by Crippen LogP contribution is 2.19. The van der Waals surface area contributed by atoms with Crippen molar-refractivity contribution < 1.29 is 4.39 Å². The first-order valence-electron chi connectivity index (χ1n) is 8.69. The van der Waals surface area contributed by atoms with Crippen LogP contribution in [0.15, 0.2) is 29.4 Å². The van der Waals surface area contributed by atoms with Gasteiger partial charge in [0.2, 0.25) is 0 Å². The normalized spacial score (nSPS) is 11.9. The summed E-state index contributed by atoms with van der Waals surface area (Å²) >= 11 is 1.75. The number of guanidine groups is 1. The molecule has 3 N–H and O–H groups in total. The molecule has 0 amide bonds. The van der Waals surface area contributed by atoms with E-state index in [9.17, 15) is 4.39 Å². The summed E-state index contributed by atoms with van der Waals surface area (Å²) in [7, 11) is 1.76. The van der Waals surface area contributed by atoms with E-state index in [0.29, 0.717) is 0 Å². The minimum absolute atomic E-state index is 0.212. The van der Waals surface area contributed by atoms with Gasteiger partial charge < -0.3 is 15.6 Å². The Morgan fingerprint density at radius 2 is 2.00 bits per heavy atom. The largest absolute Gasteiger partial charge is 0.361 e. The van der Waals surface area contributed by atoms with Crippen LogP contribution in [0.1, 0.15) is 21.1 Å². The molecule has 0 aliphatic rings. The predicted octanol–water partition coefficient (Wildman–Crippen LogP) is 3.33. The minimum Gasteiger partial charge on any atom is -0.361 e. The number of aliphatic imine (C=N–C) groups is 1. The fraction of sp³-hybridized carbons (Fsp3) is 0.368. The third-order valence-electron chi connectivity index (χ3n) is 4.34. The Hall–Kier alpha value is -2.41. The molecule has 3 rings (SSSR count). The van der Waals surface area contributed by atoms with Gasteiger partial charge >= 0.3 is 0 Å². The first-order valence-corrected chi connectivity index (χ1v) is 9.51. The molecule has 0 aliphatic carbocycles. The van der Waals surface area contributed by atoms with Gasteiger partial charge in [0, 0.05) is 48.5 Å². The van der Waals surface area contributed by atoms with Crippen molar-refractivity contribution in [3.63, 3.8) is 0 Å². The van der Waals surface area contributed by atoms with Gasteiger partial charge in [-0.05, 0) is 44.0 Å². The molecule has 7 heteroatoms. The van der Waals surface area contributed by atoms with Crippen molar-refractivity contribution in [1.29, 1.82) is 0 Å². The van der Waals surface area contributed by atoms with Crippen LogP contribution in [0.25, 0.3) is 10.9 Å². The first-order chi connectivity index (χ1) is 12.6. The lowest BCUT2D eigenvalue weighted by molar-refractivity contribution is 0.629. The summed E-state index contributed by atoms with van der Waals surface area (Å²) in [5.41, 5.74) is 3.16. The van der Waals surface area contributed by atoms with Gasteiger partial charge in [0.05, 0.1) is 10.7 Å². The molecular weight excluding hydrogens is 349 g/mol. The van der Waals surface area contributed by atoms with Crippen molar-refractivity contribution in [3.05, 3.63) is 51.4 Å². The fourth-order valence-electron chi connectivity index (χ4n) is 2.83. The SMILES string of the molecule is CN=C(NCCc1nc(C)c(C)s1)NCCc1c[nH]c2ccc(F)cc12. The van der Waals surface area contributed by atoms with Crippen LogP contribution in [0.4, 0.5) is 4.39 Å². The van der Waals surface area contributed by atoms with E-state index >= 15 is 0 Å². The molecule has 26 heavy (non-hydrogen) atoms. The fourth-order valence-corrected chi connectivity index (χ4v) is 3.76. The molecule has 0 saturated heterocycles. The van der Waals surface area contributed by atoms with Crippen LogP contribution in [0.3, 0.4) is 0 Å². The van der Waals surface area contributed by atoms with Crippen molar-refractivity contribution in [2.45, 2.75) is 26.7 Å². The van der Waals surface area contributed by atoms with Crippen LogP contribution in [0, 0.1) is 19.7 Å². The molecule has 138 valence electrons. The van der Waals surface area contributed by atoms with Crippen LogP contribution >= 0.6 is 11.3 Å². The maximum absolute atomic E-state index is 13.4. The monoisotopic (exact) mass is 373 g/mol. The molecule has 0 atom stereocenters. The van der Waals surface area contributed by atoms with Crippen LogP contribution in [0.5, 0.6) is 0 Å². The topological polar surface area (TPSA) is 65.1 Å². The van der Waals surface area contributed by atoms with E-state index in [1.807, 2.05) is 13.1 Å². The second-order valence-electron chi connectivity index (χ2n) is 6.18. The highest BCUT2D eigenvalue weighted by molar-refractivity contribution is 7.11. The quantitative estimate of drug-likeness (QED) is 0.459. The van der Waals surface area contributed by atoms with Gasteiger partial charge in [-0.2, -0.15) is 0 Å². The Kier molecular flexibility index (Phi) is 5.88. The van der Waals surface area contributed by atoms with Gasteiger partial charge in [-0.25, -0.2) is 9.37 Å². The maximum atomic E-state index is 13.4. The molecule has 0 unspecified atom stereocenters. The summed E-state index contributed by atoms with van der Waals surface area (Å²) in [5, 5.41) is 8.69. The van der Waals surface area contributed by atoms with E-state index in [1.54, 1.807) is 30.5 Å². The minimum atomic E-state index is -0.212. The maximum Gasteiger partial charge on any atom is 0.191 e. The van der Waals surface area contributed by atoms with E-state index in [4.69, 9.17) is 0 Å². The number of H-pyrrole nitrogens is 1. The average molecular weight is 374 g/mol. The van der Waals surface area contributed by atoms with Crippen LogP contribution in [-0.4, -0.2) is 36.1 Å². The van der Waals surface area contributed by atoms with E-state index in [1.165, 1.54) is 10.9 Å². The Balaban J connectivity index is 1.47. The van der Waals surface area contributed by atoms with Crippen LogP contribution in [-0.2, 0) is 12.8 Å². The lowest BCUT2D eigenvalue weighted by Gasteiger charge is -2.11. The lowest BCUT2D eigenvalue weighted by atomic mass is 10.1. The first kappa shape index (κ1) is 18.4. The lowest BCUT2D eigenvalue weighted by Crippen LogP contribution is -2.39. The molecule has 0 aliphatic heterocycles. The summed E-state index contributed by atoms with van der Waals surface area (Å²) in [6, 6.07) is 4.81. The molecular formula is C19H24FN5S. The molecule has 2 heterocycles. The zero-order valence-electron chi connectivity index (χ0n) is 15.3. The Morgan fingerprint density at radius 3 is 2.69 bits per heavy atom. The standard InChI is InChI=1S/C19H24FN5S/c1-12-13(2)26-18(25-12)7-9-23-19(21-3)22-8-6-14-11-24-17-5-4-15(20)10-16(14)17/h4-5,10-11,24H,6-9H2,1-3H3,(H2,21,22,23). The van der Waals surface area contributed by atoms with E-state index in [2.05, 4.69) is 32.5 Å². The third kappa shape index (κ3) is 4.40. The Morgan fingerprint density at radius 1 is 1.23 bits per heavy atom. The van der Waals surface area contributed by atoms with Gasteiger partial charge in [0.15, 0.2) is 5.96 Å². The van der Waals surface area contributed by atoms with Gasteiger partial charge in [0.1, 0.15) is 5.82 Å². The number of benzene rings is 1. The van der Waals surface area contributed by atoms with Gasteiger partial charge in [-0.3, -0.25) is 4.99 Å². The van der Waals surface area contributed by atoms with Crippen molar-refractivity contribution >= 4 is 28.2 Å². The molecule has 0 fully saturated rings. The van der Waals surface area contributed by atoms with Crippen molar-refractivity contribution in [2.24, 2.45) is 4.99 Å². The molecule has 0 spiro atoms. The smallest absolute Gasteiger partial charge is 0.191 e. The number of fused-ring (bicyclic) bond motifs is 1. The number of nitrogens with one attached hydrogen (secondary N) is 3. The van der Waals surface area contributed by atoms with E-state index < -0.39 is 0 Å². The number of hydrogen-bond donors (Lipinski definition) is 3. The molecule has 0 bridgehead atoms. The molecule has 0 saturated carbocycles. The Labute approximate surface area is 156 Å². The zero-order valence-corrected chi connectivity index (χ0v) is 16.1. The highest BCUT2D eigenvalue weighted by atomic mass is 32.1. The molecule has 1 aromatic carbocycles. The molecule has 3 aromatic rings. The van der Waals surface area contributed by atoms with Gasteiger partial charge in [-0.15, -0.1) is 11.3 Å². The number of hydrogen-bond acceptors (Lipinski definition) is 3. The predicted molar refractivity (Wildman–Crippen MR) is 107 cm³/mol. The number of halogens is 1. The van der Waals surface area contributed by atoms with Gasteiger partial charge in [-0.1, -0.05) is 0 Å². The van der Waals surface area contributed by atoms with Crippen LogP contribution < -0.4 is 10.6 Å². The van der Waals surface area contributed by atoms with Crippen LogP contribution in [0.2, 0.25) is 0 Å².